The number of rotatable bonds is 2. The van der Waals surface area contributed by atoms with Crippen LogP contribution >= 0.6 is 23.1 Å². The molecule has 0 fully saturated rings. The first-order valence-corrected chi connectivity index (χ1v) is 6.88. The Morgan fingerprint density at radius 3 is 3.00 bits per heavy atom. The molecule has 18 heavy (non-hydrogen) atoms. The Hall–Kier alpha value is -1.37. The average Bonchev–Trinajstić information content (AvgIpc) is 2.92. The lowest BCUT2D eigenvalue weighted by Crippen LogP contribution is -2.10. The van der Waals surface area contributed by atoms with Gasteiger partial charge in [-0.05, 0) is 23.6 Å². The Morgan fingerprint density at radius 1 is 1.44 bits per heavy atom. The van der Waals surface area contributed by atoms with E-state index < -0.39 is 17.8 Å². The molecule has 0 saturated carbocycles. The van der Waals surface area contributed by atoms with E-state index in [9.17, 15) is 14.3 Å². The quantitative estimate of drug-likeness (QED) is 0.889. The van der Waals surface area contributed by atoms with Crippen LogP contribution < -0.4 is 5.32 Å². The van der Waals surface area contributed by atoms with Gasteiger partial charge in [-0.25, -0.2) is 4.39 Å². The third kappa shape index (κ3) is 1.92. The second kappa shape index (κ2) is 4.38. The highest BCUT2D eigenvalue weighted by Gasteiger charge is 2.29. The highest BCUT2D eigenvalue weighted by molar-refractivity contribution is 8.01. The molecule has 3 nitrogen and oxygen atoms in total. The van der Waals surface area contributed by atoms with E-state index >= 15 is 0 Å². The number of halogens is 1. The number of anilines is 1. The Balaban J connectivity index is 1.98. The van der Waals surface area contributed by atoms with Crippen LogP contribution in [-0.4, -0.2) is 11.0 Å². The topological polar surface area (TPSA) is 49.3 Å². The molecule has 1 aromatic heterocycles. The van der Waals surface area contributed by atoms with Crippen LogP contribution in [0.3, 0.4) is 0 Å². The molecular formula is C12H8FNO2S2. The molecule has 2 N–H and O–H groups in total. The monoisotopic (exact) mass is 281 g/mol. The van der Waals surface area contributed by atoms with E-state index in [1.807, 2.05) is 17.5 Å². The average molecular weight is 281 g/mol. The van der Waals surface area contributed by atoms with Gasteiger partial charge < -0.3 is 10.4 Å². The molecule has 1 unspecified atom stereocenters. The minimum Gasteiger partial charge on any atom is -0.378 e. The lowest BCUT2D eigenvalue weighted by atomic mass is 10.1. The summed E-state index contributed by atoms with van der Waals surface area (Å²) < 4.78 is 14.8. The van der Waals surface area contributed by atoms with Gasteiger partial charge in [0, 0.05) is 11.3 Å². The van der Waals surface area contributed by atoms with Crippen LogP contribution in [0, 0.1) is 5.82 Å². The standard InChI is InChI=1S/C12H8FNO2S2/c13-7-4-6-8(14-12(16)11(6)15)5-9(7)18-10-2-1-3-17-10/h1-5,11,15H,(H,14,16). The van der Waals surface area contributed by atoms with Crippen molar-refractivity contribution in [2.24, 2.45) is 0 Å². The zero-order valence-corrected chi connectivity index (χ0v) is 10.6. The molecule has 1 aliphatic heterocycles. The van der Waals surface area contributed by atoms with Crippen LogP contribution in [0.4, 0.5) is 10.1 Å². The van der Waals surface area contributed by atoms with Crippen LogP contribution in [0.2, 0.25) is 0 Å². The molecule has 92 valence electrons. The molecule has 1 atom stereocenters. The summed E-state index contributed by atoms with van der Waals surface area (Å²) in [7, 11) is 0. The van der Waals surface area contributed by atoms with Gasteiger partial charge in [0.1, 0.15) is 5.82 Å². The van der Waals surface area contributed by atoms with E-state index in [4.69, 9.17) is 0 Å². The van der Waals surface area contributed by atoms with Crippen LogP contribution in [0.1, 0.15) is 11.7 Å². The van der Waals surface area contributed by atoms with Gasteiger partial charge in [0.25, 0.3) is 5.91 Å². The van der Waals surface area contributed by atoms with Gasteiger partial charge in [0.15, 0.2) is 6.10 Å². The number of benzene rings is 1. The van der Waals surface area contributed by atoms with Crippen LogP contribution in [-0.2, 0) is 4.79 Å². The van der Waals surface area contributed by atoms with Gasteiger partial charge in [-0.1, -0.05) is 17.8 Å². The Kier molecular flexibility index (Phi) is 2.85. The van der Waals surface area contributed by atoms with Crippen molar-refractivity contribution in [3.8, 4) is 0 Å². The zero-order valence-electron chi connectivity index (χ0n) is 9.01. The zero-order chi connectivity index (χ0) is 12.7. The molecule has 6 heteroatoms. The summed E-state index contributed by atoms with van der Waals surface area (Å²) in [6.07, 6.45) is -1.27. The summed E-state index contributed by atoms with van der Waals surface area (Å²) in [5.41, 5.74) is 0.779. The molecule has 0 spiro atoms. The summed E-state index contributed by atoms with van der Waals surface area (Å²) >= 11 is 2.82. The summed E-state index contributed by atoms with van der Waals surface area (Å²) in [5.74, 6) is -0.939. The number of nitrogens with one attached hydrogen (secondary N) is 1. The van der Waals surface area contributed by atoms with E-state index in [1.54, 1.807) is 6.07 Å². The van der Waals surface area contributed by atoms with E-state index in [0.717, 1.165) is 4.21 Å². The minimum atomic E-state index is -1.27. The van der Waals surface area contributed by atoms with Crippen molar-refractivity contribution in [1.29, 1.82) is 0 Å². The summed E-state index contributed by atoms with van der Waals surface area (Å²) in [6, 6.07) is 6.57. The highest BCUT2D eigenvalue weighted by atomic mass is 32.2. The number of amides is 1. The molecule has 1 aromatic carbocycles. The molecule has 0 saturated heterocycles. The number of thiophene rings is 1. The van der Waals surface area contributed by atoms with E-state index in [-0.39, 0.29) is 0 Å². The van der Waals surface area contributed by atoms with Crippen molar-refractivity contribution in [2.45, 2.75) is 15.2 Å². The molecular weight excluding hydrogens is 273 g/mol. The maximum Gasteiger partial charge on any atom is 0.257 e. The highest BCUT2D eigenvalue weighted by Crippen LogP contribution is 2.39. The molecule has 0 bridgehead atoms. The van der Waals surface area contributed by atoms with Gasteiger partial charge >= 0.3 is 0 Å². The minimum absolute atomic E-state index is 0.299. The lowest BCUT2D eigenvalue weighted by Gasteiger charge is -2.05. The summed E-state index contributed by atoms with van der Waals surface area (Å²) in [5, 5.41) is 14.0. The van der Waals surface area contributed by atoms with Crippen LogP contribution in [0.15, 0.2) is 38.8 Å². The van der Waals surface area contributed by atoms with E-state index in [2.05, 4.69) is 5.32 Å². The molecule has 0 aliphatic carbocycles. The van der Waals surface area contributed by atoms with Crippen LogP contribution in [0.25, 0.3) is 0 Å². The third-order valence-corrected chi connectivity index (χ3v) is 4.68. The number of fused-ring (bicyclic) bond motifs is 1. The maximum atomic E-state index is 13.9. The first-order chi connectivity index (χ1) is 8.65. The predicted molar refractivity (Wildman–Crippen MR) is 68.4 cm³/mol. The van der Waals surface area contributed by atoms with Gasteiger partial charge in [-0.2, -0.15) is 0 Å². The first-order valence-electron chi connectivity index (χ1n) is 5.19. The number of hydrogen-bond donors (Lipinski definition) is 2. The van der Waals surface area contributed by atoms with Crippen molar-refractivity contribution in [3.63, 3.8) is 0 Å². The fraction of sp³-hybridized carbons (Fsp3) is 0.0833. The number of aliphatic hydroxyl groups excluding tert-OH is 1. The first kappa shape index (κ1) is 11.7. The van der Waals surface area contributed by atoms with Gasteiger partial charge in [0.05, 0.1) is 9.10 Å². The Morgan fingerprint density at radius 2 is 2.28 bits per heavy atom. The second-order valence-corrected chi connectivity index (χ2v) is 6.09. The third-order valence-electron chi connectivity index (χ3n) is 2.61. The van der Waals surface area contributed by atoms with Gasteiger partial charge in [0.2, 0.25) is 0 Å². The van der Waals surface area contributed by atoms with Crippen molar-refractivity contribution < 1.29 is 14.3 Å². The molecule has 1 aliphatic rings. The fourth-order valence-corrected chi connectivity index (χ4v) is 3.53. The SMILES string of the molecule is O=C1Nc2cc(Sc3cccs3)c(F)cc2C1O. The van der Waals surface area contributed by atoms with Gasteiger partial charge in [-0.15, -0.1) is 11.3 Å². The van der Waals surface area contributed by atoms with Crippen molar-refractivity contribution >= 4 is 34.7 Å². The molecule has 2 heterocycles. The number of hydrogen-bond acceptors (Lipinski definition) is 4. The largest absolute Gasteiger partial charge is 0.378 e. The van der Waals surface area contributed by atoms with E-state index in [0.29, 0.717) is 16.1 Å². The molecule has 0 radical (unpaired) electrons. The smallest absolute Gasteiger partial charge is 0.257 e. The predicted octanol–water partition coefficient (Wildman–Crippen LogP) is 3.02. The molecule has 2 aromatic rings. The maximum absolute atomic E-state index is 13.9. The Bertz CT molecular complexity index is 613. The number of carbonyl (C=O) groups excluding carboxylic acids is 1. The number of carbonyl (C=O) groups is 1. The normalized spacial score (nSPS) is 17.7. The van der Waals surface area contributed by atoms with Gasteiger partial charge in [-0.3, -0.25) is 4.79 Å². The van der Waals surface area contributed by atoms with E-state index in [1.165, 1.54) is 29.2 Å². The summed E-state index contributed by atoms with van der Waals surface area (Å²) in [4.78, 5) is 11.7. The molecule has 3 rings (SSSR count). The summed E-state index contributed by atoms with van der Waals surface area (Å²) in [6.45, 7) is 0. The van der Waals surface area contributed by atoms with Crippen molar-refractivity contribution in [3.05, 3.63) is 41.0 Å². The molecule has 1 amide bonds. The Labute approximate surface area is 111 Å². The lowest BCUT2D eigenvalue weighted by molar-refractivity contribution is -0.123. The fourth-order valence-electron chi connectivity index (χ4n) is 1.75. The second-order valence-electron chi connectivity index (χ2n) is 3.80. The van der Waals surface area contributed by atoms with Crippen molar-refractivity contribution in [1.82, 2.24) is 0 Å². The van der Waals surface area contributed by atoms with Crippen molar-refractivity contribution in [2.75, 3.05) is 5.32 Å². The van der Waals surface area contributed by atoms with Crippen LogP contribution in [0.5, 0.6) is 0 Å². The number of aliphatic hydroxyl groups is 1.